The Balaban J connectivity index is 1.23. The van der Waals surface area contributed by atoms with Gasteiger partial charge in [-0.3, -0.25) is 4.79 Å². The molecule has 1 aromatic carbocycles. The number of para-hydroxylation sites is 2. The van der Waals surface area contributed by atoms with E-state index in [0.717, 1.165) is 63.0 Å². The largest absolute Gasteiger partial charge is 0.356 e. The maximum Gasteiger partial charge on any atom is 0.223 e. The molecule has 0 unspecified atom stereocenters. The maximum absolute atomic E-state index is 12.3. The summed E-state index contributed by atoms with van der Waals surface area (Å²) >= 11 is 0. The van der Waals surface area contributed by atoms with Gasteiger partial charge in [0, 0.05) is 25.4 Å². The molecule has 4 nitrogen and oxygen atoms in total. The number of rotatable bonds is 10. The zero-order chi connectivity index (χ0) is 21.3. The molecule has 0 bridgehead atoms. The van der Waals surface area contributed by atoms with Crippen molar-refractivity contribution >= 4 is 16.9 Å². The number of imidazole rings is 1. The molecular formula is C27H41N3O. The molecule has 4 rings (SSSR count). The lowest BCUT2D eigenvalue weighted by atomic mass is 9.87. The average Bonchev–Trinajstić information content (AvgIpc) is 3.18. The van der Waals surface area contributed by atoms with Gasteiger partial charge in [0.05, 0.1) is 11.0 Å². The van der Waals surface area contributed by atoms with Gasteiger partial charge in [0.1, 0.15) is 5.82 Å². The summed E-state index contributed by atoms with van der Waals surface area (Å²) in [6.45, 7) is 1.94. The van der Waals surface area contributed by atoms with Gasteiger partial charge in [0.25, 0.3) is 0 Å². The van der Waals surface area contributed by atoms with E-state index in [1.165, 1.54) is 69.1 Å². The number of aromatic nitrogens is 2. The molecule has 1 N–H and O–H groups in total. The van der Waals surface area contributed by atoms with Crippen molar-refractivity contribution in [1.29, 1.82) is 0 Å². The van der Waals surface area contributed by atoms with Gasteiger partial charge in [0.2, 0.25) is 5.91 Å². The molecule has 0 saturated heterocycles. The van der Waals surface area contributed by atoms with Crippen molar-refractivity contribution < 1.29 is 4.79 Å². The van der Waals surface area contributed by atoms with Crippen molar-refractivity contribution in [2.75, 3.05) is 6.54 Å². The van der Waals surface area contributed by atoms with Crippen molar-refractivity contribution in [3.8, 4) is 0 Å². The van der Waals surface area contributed by atoms with Crippen LogP contribution in [0.25, 0.3) is 11.0 Å². The lowest BCUT2D eigenvalue weighted by Gasteiger charge is -2.22. The van der Waals surface area contributed by atoms with Gasteiger partial charge in [-0.2, -0.15) is 0 Å². The number of fused-ring (bicyclic) bond motifs is 1. The van der Waals surface area contributed by atoms with Crippen molar-refractivity contribution in [2.45, 2.75) is 103 Å². The first-order valence-corrected chi connectivity index (χ1v) is 13.0. The Kier molecular flexibility index (Phi) is 8.43. The monoisotopic (exact) mass is 423 g/mol. The van der Waals surface area contributed by atoms with E-state index in [0.29, 0.717) is 5.91 Å². The van der Waals surface area contributed by atoms with Crippen LogP contribution in [0.3, 0.4) is 0 Å². The summed E-state index contributed by atoms with van der Waals surface area (Å²) in [6, 6.07) is 8.61. The first kappa shape index (κ1) is 22.4. The van der Waals surface area contributed by atoms with Crippen molar-refractivity contribution in [3.63, 3.8) is 0 Å². The Bertz CT molecular complexity index is 815. The van der Waals surface area contributed by atoms with E-state index < -0.39 is 0 Å². The second kappa shape index (κ2) is 11.7. The van der Waals surface area contributed by atoms with Crippen LogP contribution >= 0.6 is 0 Å². The minimum absolute atomic E-state index is 0.276. The number of carbonyl (C=O) groups excluding carboxylic acids is 1. The Labute approximate surface area is 188 Å². The van der Waals surface area contributed by atoms with Crippen LogP contribution in [0.15, 0.2) is 24.3 Å². The lowest BCUT2D eigenvalue weighted by molar-refractivity contribution is -0.125. The van der Waals surface area contributed by atoms with Crippen molar-refractivity contribution in [3.05, 3.63) is 30.1 Å². The number of amides is 1. The number of nitrogens with zero attached hydrogens (tertiary/aromatic N) is 2. The maximum atomic E-state index is 12.3. The molecular weight excluding hydrogens is 382 g/mol. The van der Waals surface area contributed by atoms with Gasteiger partial charge < -0.3 is 9.88 Å². The highest BCUT2D eigenvalue weighted by atomic mass is 16.1. The van der Waals surface area contributed by atoms with E-state index in [1.54, 1.807) is 0 Å². The Morgan fingerprint density at radius 2 is 1.68 bits per heavy atom. The number of aryl methyl sites for hydroxylation is 2. The molecule has 1 amide bonds. The molecule has 2 fully saturated rings. The fourth-order valence-electron chi connectivity index (χ4n) is 5.66. The summed E-state index contributed by atoms with van der Waals surface area (Å²) in [5.74, 6) is 2.72. The third kappa shape index (κ3) is 6.33. The van der Waals surface area contributed by atoms with E-state index >= 15 is 0 Å². The van der Waals surface area contributed by atoms with Gasteiger partial charge in [-0.15, -0.1) is 0 Å². The summed E-state index contributed by atoms with van der Waals surface area (Å²) in [5, 5.41) is 3.18. The van der Waals surface area contributed by atoms with Crippen LogP contribution in [0.1, 0.15) is 95.7 Å². The highest BCUT2D eigenvalue weighted by Crippen LogP contribution is 2.28. The molecule has 31 heavy (non-hydrogen) atoms. The van der Waals surface area contributed by atoms with E-state index in [-0.39, 0.29) is 5.92 Å². The molecule has 170 valence electrons. The van der Waals surface area contributed by atoms with Crippen LogP contribution < -0.4 is 5.32 Å². The highest BCUT2D eigenvalue weighted by molar-refractivity contribution is 5.78. The third-order valence-electron chi connectivity index (χ3n) is 7.57. The van der Waals surface area contributed by atoms with Gasteiger partial charge >= 0.3 is 0 Å². The number of unbranched alkanes of at least 4 members (excludes halogenated alkanes) is 2. The molecule has 0 spiro atoms. The minimum atomic E-state index is 0.276. The molecule has 2 aromatic rings. The second-order valence-corrected chi connectivity index (χ2v) is 9.90. The Hall–Kier alpha value is -1.84. The van der Waals surface area contributed by atoms with Gasteiger partial charge in [-0.25, -0.2) is 4.98 Å². The van der Waals surface area contributed by atoms with Crippen LogP contribution in [-0.2, 0) is 17.8 Å². The molecule has 4 heteroatoms. The summed E-state index contributed by atoms with van der Waals surface area (Å²) in [6.07, 6.45) is 18.7. The predicted molar refractivity (Wildman–Crippen MR) is 128 cm³/mol. The van der Waals surface area contributed by atoms with E-state index in [1.807, 2.05) is 0 Å². The summed E-state index contributed by atoms with van der Waals surface area (Å²) < 4.78 is 2.49. The molecule has 1 aromatic heterocycles. The number of nitrogens with one attached hydrogen (secondary N) is 1. The van der Waals surface area contributed by atoms with E-state index in [4.69, 9.17) is 4.98 Å². The van der Waals surface area contributed by atoms with Crippen LogP contribution in [0.2, 0.25) is 0 Å². The molecule has 0 radical (unpaired) electrons. The first-order chi connectivity index (χ1) is 15.3. The normalized spacial score (nSPS) is 18.5. The molecule has 0 aliphatic heterocycles. The Morgan fingerprint density at radius 1 is 0.935 bits per heavy atom. The van der Waals surface area contributed by atoms with Crippen LogP contribution in [-0.4, -0.2) is 22.0 Å². The van der Waals surface area contributed by atoms with Gasteiger partial charge in [0.15, 0.2) is 0 Å². The lowest BCUT2D eigenvalue weighted by Crippen LogP contribution is -2.32. The second-order valence-electron chi connectivity index (χ2n) is 9.90. The van der Waals surface area contributed by atoms with Crippen LogP contribution in [0.4, 0.5) is 0 Å². The first-order valence-electron chi connectivity index (χ1n) is 13.0. The summed E-state index contributed by atoms with van der Waals surface area (Å²) in [4.78, 5) is 17.3. The molecule has 1 heterocycles. The molecule has 2 aliphatic carbocycles. The predicted octanol–water partition coefficient (Wildman–Crippen LogP) is 6.42. The number of carbonyl (C=O) groups is 1. The van der Waals surface area contributed by atoms with E-state index in [2.05, 4.69) is 34.1 Å². The Morgan fingerprint density at radius 3 is 2.48 bits per heavy atom. The summed E-state index contributed by atoms with van der Waals surface area (Å²) in [5.41, 5.74) is 2.44. The number of hydrogen-bond donors (Lipinski definition) is 1. The smallest absolute Gasteiger partial charge is 0.223 e. The van der Waals surface area contributed by atoms with Crippen LogP contribution in [0.5, 0.6) is 0 Å². The fraction of sp³-hybridized carbons (Fsp3) is 0.704. The number of benzene rings is 1. The topological polar surface area (TPSA) is 46.9 Å². The zero-order valence-corrected chi connectivity index (χ0v) is 19.3. The van der Waals surface area contributed by atoms with Crippen molar-refractivity contribution in [1.82, 2.24) is 14.9 Å². The highest BCUT2D eigenvalue weighted by Gasteiger charge is 2.20. The SMILES string of the molecule is O=C(NCCCCCc1nc2ccccc2n1CCC1CCCCC1)C1CCCCC1. The van der Waals surface area contributed by atoms with Gasteiger partial charge in [-0.1, -0.05) is 69.9 Å². The molecule has 0 atom stereocenters. The molecule has 2 aliphatic rings. The van der Waals surface area contributed by atoms with Gasteiger partial charge in [-0.05, 0) is 50.2 Å². The zero-order valence-electron chi connectivity index (χ0n) is 19.3. The fourth-order valence-corrected chi connectivity index (χ4v) is 5.66. The number of hydrogen-bond acceptors (Lipinski definition) is 2. The third-order valence-corrected chi connectivity index (χ3v) is 7.57. The summed E-state index contributed by atoms with van der Waals surface area (Å²) in [7, 11) is 0. The standard InChI is InChI=1S/C27H41N3O/c31-27(23-14-6-2-7-15-23)28-20-11-3-8-18-26-29-24-16-9-10-17-25(24)30(26)21-19-22-12-4-1-5-13-22/h9-10,16-17,22-23H,1-8,11-15,18-21H2,(H,28,31). The minimum Gasteiger partial charge on any atom is -0.356 e. The average molecular weight is 424 g/mol. The quantitative estimate of drug-likeness (QED) is 0.448. The van der Waals surface area contributed by atoms with Crippen LogP contribution in [0, 0.1) is 11.8 Å². The van der Waals surface area contributed by atoms with E-state index in [9.17, 15) is 4.79 Å². The van der Waals surface area contributed by atoms with Crippen molar-refractivity contribution in [2.24, 2.45) is 11.8 Å². The molecule has 2 saturated carbocycles.